The number of amides is 7. The van der Waals surface area contributed by atoms with Gasteiger partial charge >= 0.3 is 5.97 Å². The highest BCUT2D eigenvalue weighted by Gasteiger charge is 2.39. The fourth-order valence-electron chi connectivity index (χ4n) is 6.50. The molecule has 1 heterocycles. The second kappa shape index (κ2) is 27.3. The SMILES string of the molecule is CCCC[C@H](NC(=O)[C@@H](N)C(C)C)C(=O)N[C@@H](C)C(=O)N1CCC[C@H]1C(=O)N[C@@H](CCCN=C(N)N)C(=O)N[C@H](C(=O)N[C@@H](CC(C)C)C(=O)N[C@@H](CCS)C(=O)O)[C@@H](C)O. The van der Waals surface area contributed by atoms with E-state index in [0.29, 0.717) is 19.3 Å². The number of aliphatic imine (C=N–C) groups is 1. The summed E-state index contributed by atoms with van der Waals surface area (Å²) in [5, 5.41) is 35.6. The molecule has 0 bridgehead atoms. The van der Waals surface area contributed by atoms with Crippen LogP contribution in [0.3, 0.4) is 0 Å². The minimum absolute atomic E-state index is 0.0204. The Morgan fingerprint density at radius 3 is 1.85 bits per heavy atom. The van der Waals surface area contributed by atoms with E-state index in [4.69, 9.17) is 17.2 Å². The molecule has 1 aliphatic rings. The van der Waals surface area contributed by atoms with Crippen molar-refractivity contribution in [1.82, 2.24) is 36.8 Å². The van der Waals surface area contributed by atoms with Gasteiger partial charge in [-0.15, -0.1) is 0 Å². The maximum absolute atomic E-state index is 13.9. The summed E-state index contributed by atoms with van der Waals surface area (Å²) in [6.07, 6.45) is 1.12. The molecule has 14 N–H and O–H groups in total. The number of hydrogen-bond acceptors (Lipinski definition) is 12. The van der Waals surface area contributed by atoms with Crippen LogP contribution in [0.5, 0.6) is 0 Å². The number of thiol groups is 1. The van der Waals surface area contributed by atoms with Crippen molar-refractivity contribution < 1.29 is 48.6 Å². The van der Waals surface area contributed by atoms with Crippen molar-refractivity contribution in [2.75, 3.05) is 18.8 Å². The van der Waals surface area contributed by atoms with Gasteiger partial charge in [-0.1, -0.05) is 47.5 Å². The second-order valence-electron chi connectivity index (χ2n) is 16.2. The first kappa shape index (κ1) is 54.3. The molecule has 0 unspecified atom stereocenters. The largest absolute Gasteiger partial charge is 0.480 e. The van der Waals surface area contributed by atoms with Crippen molar-refractivity contribution in [3.8, 4) is 0 Å². The Morgan fingerprint density at radius 1 is 0.754 bits per heavy atom. The van der Waals surface area contributed by atoms with E-state index in [1.54, 1.807) is 27.7 Å². The molecular weight excluding hydrogens is 815 g/mol. The number of rotatable bonds is 27. The second-order valence-corrected chi connectivity index (χ2v) is 16.7. The first-order valence-electron chi connectivity index (χ1n) is 21.0. The zero-order valence-corrected chi connectivity index (χ0v) is 37.5. The van der Waals surface area contributed by atoms with E-state index in [1.807, 2.05) is 6.92 Å². The highest BCUT2D eigenvalue weighted by molar-refractivity contribution is 7.80. The molecule has 61 heavy (non-hydrogen) atoms. The quantitative estimate of drug-likeness (QED) is 0.0183. The molecule has 22 heteroatoms. The summed E-state index contributed by atoms with van der Waals surface area (Å²) in [5.74, 6) is -6.56. The third-order valence-corrected chi connectivity index (χ3v) is 10.3. The number of likely N-dealkylation sites (tertiary alicyclic amines) is 1. The summed E-state index contributed by atoms with van der Waals surface area (Å²) in [6.45, 7) is 12.0. The van der Waals surface area contributed by atoms with E-state index in [0.717, 1.165) is 6.42 Å². The molecule has 9 atom stereocenters. The van der Waals surface area contributed by atoms with Gasteiger partial charge in [0.25, 0.3) is 0 Å². The van der Waals surface area contributed by atoms with E-state index < -0.39 is 102 Å². The number of unbranched alkanes of at least 4 members (excludes halogenated alkanes) is 1. The van der Waals surface area contributed by atoms with Crippen LogP contribution >= 0.6 is 12.6 Å². The Hall–Kier alpha value is -4.70. The van der Waals surface area contributed by atoms with Crippen LogP contribution < -0.4 is 49.1 Å². The third kappa shape index (κ3) is 18.8. The van der Waals surface area contributed by atoms with Crippen LogP contribution in [-0.2, 0) is 38.4 Å². The highest BCUT2D eigenvalue weighted by atomic mass is 32.1. The van der Waals surface area contributed by atoms with Crippen LogP contribution in [0.25, 0.3) is 0 Å². The number of aliphatic carboxylic acids is 1. The normalized spacial score (nSPS) is 17.7. The zero-order valence-electron chi connectivity index (χ0n) is 36.6. The van der Waals surface area contributed by atoms with Crippen molar-refractivity contribution >= 4 is 65.9 Å². The molecule has 1 aliphatic heterocycles. The number of hydrogen-bond donors (Lipinski definition) is 12. The number of carbonyl (C=O) groups is 8. The fraction of sp³-hybridized carbons (Fsp3) is 0.769. The monoisotopic (exact) mass is 886 g/mol. The van der Waals surface area contributed by atoms with Crippen molar-refractivity contribution in [3.63, 3.8) is 0 Å². The van der Waals surface area contributed by atoms with Crippen LogP contribution in [0, 0.1) is 11.8 Å². The summed E-state index contributed by atoms with van der Waals surface area (Å²) in [7, 11) is 0. The van der Waals surface area contributed by atoms with Gasteiger partial charge in [0.05, 0.1) is 12.1 Å². The number of nitrogens with one attached hydrogen (secondary N) is 6. The maximum Gasteiger partial charge on any atom is 0.326 e. The molecule has 0 spiro atoms. The van der Waals surface area contributed by atoms with Gasteiger partial charge in [-0.2, -0.15) is 12.6 Å². The third-order valence-electron chi connectivity index (χ3n) is 10.1. The van der Waals surface area contributed by atoms with Gasteiger partial charge in [0.15, 0.2) is 5.96 Å². The van der Waals surface area contributed by atoms with Crippen molar-refractivity contribution in [1.29, 1.82) is 0 Å². The van der Waals surface area contributed by atoms with Crippen LogP contribution in [-0.4, -0.2) is 142 Å². The van der Waals surface area contributed by atoms with Crippen molar-refractivity contribution in [3.05, 3.63) is 0 Å². The smallest absolute Gasteiger partial charge is 0.326 e. The van der Waals surface area contributed by atoms with Crippen LogP contribution in [0.1, 0.15) is 106 Å². The van der Waals surface area contributed by atoms with Gasteiger partial charge in [0.2, 0.25) is 41.4 Å². The van der Waals surface area contributed by atoms with Gasteiger partial charge in [-0.3, -0.25) is 38.6 Å². The lowest BCUT2D eigenvalue weighted by atomic mass is 10.0. The molecule has 0 aromatic heterocycles. The standard InChI is InChI=1S/C39H71N11O10S/c1-8-9-12-24(46-35(56)29(40)21(4)5)31(52)44-22(6)37(58)50-17-11-14-28(50)34(55)45-25(13-10-16-43-39(41)42)32(53)49-30(23(7)51)36(57)48-27(19-20(2)3)33(54)47-26(15-18-61)38(59)60/h20-30,51,61H,8-19,40H2,1-7H3,(H,44,52)(H,45,55)(H,46,56)(H,47,54)(H,48,57)(H,49,53)(H,59,60)(H4,41,42,43)/t22-,23+,24-,25-,26-,27-,28-,29-,30-/m0/s1. The van der Waals surface area contributed by atoms with Crippen LogP contribution in [0.15, 0.2) is 4.99 Å². The number of carboxylic acids is 1. The average molecular weight is 886 g/mol. The highest BCUT2D eigenvalue weighted by Crippen LogP contribution is 2.20. The lowest BCUT2D eigenvalue weighted by molar-refractivity contribution is -0.143. The fourth-order valence-corrected chi connectivity index (χ4v) is 6.76. The molecule has 0 saturated carbocycles. The van der Waals surface area contributed by atoms with Gasteiger partial charge in [0.1, 0.15) is 42.3 Å². The Labute approximate surface area is 364 Å². The molecule has 7 amide bonds. The first-order chi connectivity index (χ1) is 28.5. The van der Waals surface area contributed by atoms with Gasteiger partial charge in [0, 0.05) is 13.1 Å². The van der Waals surface area contributed by atoms with Gasteiger partial charge < -0.3 is 64.2 Å². The molecular formula is C39H71N11O10S. The number of aliphatic hydroxyl groups is 1. The molecule has 0 aromatic carbocycles. The number of nitrogens with zero attached hydrogens (tertiary/aromatic N) is 2. The number of nitrogens with two attached hydrogens (primary N) is 3. The van der Waals surface area contributed by atoms with E-state index in [9.17, 15) is 48.6 Å². The minimum Gasteiger partial charge on any atom is -0.480 e. The Morgan fingerprint density at radius 2 is 1.31 bits per heavy atom. The summed E-state index contributed by atoms with van der Waals surface area (Å²) in [4.78, 5) is 111. The molecule has 1 rings (SSSR count). The first-order valence-corrected chi connectivity index (χ1v) is 21.6. The predicted octanol–water partition coefficient (Wildman–Crippen LogP) is -2.04. The summed E-state index contributed by atoms with van der Waals surface area (Å²) in [6, 6.07) is -9.36. The molecule has 0 aliphatic carbocycles. The Balaban J connectivity index is 3.26. The van der Waals surface area contributed by atoms with Gasteiger partial charge in [-0.25, -0.2) is 4.79 Å². The van der Waals surface area contributed by atoms with Crippen molar-refractivity contribution in [2.45, 2.75) is 161 Å². The maximum atomic E-state index is 13.9. The number of aliphatic hydroxyl groups excluding tert-OH is 1. The Kier molecular flexibility index (Phi) is 24.3. The lowest BCUT2D eigenvalue weighted by Gasteiger charge is -2.30. The van der Waals surface area contributed by atoms with Crippen LogP contribution in [0.2, 0.25) is 0 Å². The molecule has 348 valence electrons. The van der Waals surface area contributed by atoms with E-state index in [2.05, 4.69) is 49.5 Å². The topological polar surface area (TPSA) is 343 Å². The van der Waals surface area contributed by atoms with Crippen LogP contribution in [0.4, 0.5) is 0 Å². The number of carbonyl (C=O) groups excluding carboxylic acids is 7. The molecule has 1 saturated heterocycles. The van der Waals surface area contributed by atoms with Gasteiger partial charge in [-0.05, 0) is 76.4 Å². The molecule has 1 fully saturated rings. The zero-order chi connectivity index (χ0) is 46.6. The number of carboxylic acid groups (broad SMARTS) is 1. The van der Waals surface area contributed by atoms with E-state index in [-0.39, 0.29) is 68.7 Å². The summed E-state index contributed by atoms with van der Waals surface area (Å²) in [5.41, 5.74) is 16.9. The minimum atomic E-state index is -1.62. The number of guanidine groups is 1. The summed E-state index contributed by atoms with van der Waals surface area (Å²) >= 11 is 4.04. The van der Waals surface area contributed by atoms with E-state index >= 15 is 0 Å². The molecule has 21 nitrogen and oxygen atoms in total. The van der Waals surface area contributed by atoms with E-state index in [1.165, 1.54) is 18.7 Å². The molecule has 0 radical (unpaired) electrons. The average Bonchev–Trinajstić information content (AvgIpc) is 3.68. The van der Waals surface area contributed by atoms with Crippen molar-refractivity contribution in [2.24, 2.45) is 34.0 Å². The summed E-state index contributed by atoms with van der Waals surface area (Å²) < 4.78 is 0. The Bertz CT molecular complexity index is 1530. The molecule has 0 aromatic rings. The predicted molar refractivity (Wildman–Crippen MR) is 231 cm³/mol. The lowest BCUT2D eigenvalue weighted by Crippen LogP contribution is -2.61.